The second-order valence-corrected chi connectivity index (χ2v) is 4.89. The van der Waals surface area contributed by atoms with E-state index in [0.717, 1.165) is 19.5 Å². The topological polar surface area (TPSA) is 29.0 Å². The molecule has 16 heavy (non-hydrogen) atoms. The molecule has 0 aliphatic carbocycles. The molecular weight excluding hydrogens is 229 g/mol. The van der Waals surface area contributed by atoms with E-state index >= 15 is 0 Å². The lowest BCUT2D eigenvalue weighted by Gasteiger charge is -2.34. The van der Waals surface area contributed by atoms with Gasteiger partial charge in [0.15, 0.2) is 11.6 Å². The highest BCUT2D eigenvalue weighted by molar-refractivity contribution is 6.20. The van der Waals surface area contributed by atoms with E-state index in [1.807, 2.05) is 4.90 Å². The van der Waals surface area contributed by atoms with Crippen molar-refractivity contribution in [3.8, 4) is 0 Å². The Morgan fingerprint density at radius 3 is 2.94 bits per heavy atom. The minimum atomic E-state index is -0.317. The Kier molecular flexibility index (Phi) is 3.28. The summed E-state index contributed by atoms with van der Waals surface area (Å²) in [5.74, 6) is 0.440. The highest BCUT2D eigenvalue weighted by atomic mass is 35.5. The van der Waals surface area contributed by atoms with Gasteiger partial charge in [-0.1, -0.05) is 6.92 Å². The Labute approximate surface area is 99.6 Å². The second-order valence-electron chi connectivity index (χ2n) is 4.32. The van der Waals surface area contributed by atoms with Crippen LogP contribution in [0.4, 0.5) is 10.2 Å². The molecule has 1 fully saturated rings. The first-order chi connectivity index (χ1) is 7.59. The lowest BCUT2D eigenvalue weighted by Crippen LogP contribution is -2.40. The SMILES string of the molecule is Cc1ncnc(N2CCC(Cl)C(C)C2)c1F. The van der Waals surface area contributed by atoms with Crippen molar-refractivity contribution in [2.45, 2.75) is 25.6 Å². The summed E-state index contributed by atoms with van der Waals surface area (Å²) in [7, 11) is 0. The van der Waals surface area contributed by atoms with Gasteiger partial charge in [0.1, 0.15) is 6.33 Å². The van der Waals surface area contributed by atoms with Crippen LogP contribution in [0.1, 0.15) is 19.0 Å². The standard InChI is InChI=1S/C11H15ClFN3/c1-7-5-16(4-3-9(7)12)11-10(13)8(2)14-6-15-11/h6-7,9H,3-5H2,1-2H3. The van der Waals surface area contributed by atoms with Crippen LogP contribution in [0.5, 0.6) is 0 Å². The smallest absolute Gasteiger partial charge is 0.186 e. The van der Waals surface area contributed by atoms with Gasteiger partial charge in [-0.05, 0) is 19.3 Å². The van der Waals surface area contributed by atoms with Gasteiger partial charge in [0.05, 0.1) is 5.69 Å². The normalized spacial score (nSPS) is 25.9. The number of nitrogens with zero attached hydrogens (tertiary/aromatic N) is 3. The van der Waals surface area contributed by atoms with Crippen molar-refractivity contribution < 1.29 is 4.39 Å². The number of rotatable bonds is 1. The van der Waals surface area contributed by atoms with Gasteiger partial charge in [-0.15, -0.1) is 11.6 Å². The first-order valence-electron chi connectivity index (χ1n) is 5.45. The van der Waals surface area contributed by atoms with Crippen molar-refractivity contribution >= 4 is 17.4 Å². The van der Waals surface area contributed by atoms with Gasteiger partial charge in [-0.2, -0.15) is 0 Å². The maximum atomic E-state index is 13.8. The maximum Gasteiger partial charge on any atom is 0.186 e. The monoisotopic (exact) mass is 243 g/mol. The van der Waals surface area contributed by atoms with Crippen LogP contribution in [0.2, 0.25) is 0 Å². The van der Waals surface area contributed by atoms with Gasteiger partial charge in [-0.3, -0.25) is 0 Å². The summed E-state index contributed by atoms with van der Waals surface area (Å²) < 4.78 is 13.8. The molecule has 1 aliphatic rings. The fourth-order valence-electron chi connectivity index (χ4n) is 1.98. The molecule has 2 heterocycles. The van der Waals surface area contributed by atoms with Crippen molar-refractivity contribution in [3.05, 3.63) is 17.8 Å². The van der Waals surface area contributed by atoms with E-state index in [-0.39, 0.29) is 11.2 Å². The molecule has 0 spiro atoms. The van der Waals surface area contributed by atoms with E-state index in [0.29, 0.717) is 17.4 Å². The fourth-order valence-corrected chi connectivity index (χ4v) is 2.15. The summed E-state index contributed by atoms with van der Waals surface area (Å²) in [5.41, 5.74) is 0.394. The molecular formula is C11H15ClFN3. The Balaban J connectivity index is 2.22. The molecule has 0 N–H and O–H groups in total. The number of aryl methyl sites for hydroxylation is 1. The number of halogens is 2. The highest BCUT2D eigenvalue weighted by Gasteiger charge is 2.27. The minimum absolute atomic E-state index is 0.183. The highest BCUT2D eigenvalue weighted by Crippen LogP contribution is 2.26. The van der Waals surface area contributed by atoms with Gasteiger partial charge < -0.3 is 4.90 Å². The number of piperidine rings is 1. The zero-order valence-electron chi connectivity index (χ0n) is 9.45. The van der Waals surface area contributed by atoms with E-state index in [2.05, 4.69) is 16.9 Å². The van der Waals surface area contributed by atoms with Gasteiger partial charge in [0.2, 0.25) is 0 Å². The third-order valence-electron chi connectivity index (χ3n) is 3.05. The summed E-state index contributed by atoms with van der Waals surface area (Å²) in [4.78, 5) is 9.80. The number of anilines is 1. The molecule has 88 valence electrons. The zero-order chi connectivity index (χ0) is 11.7. The predicted octanol–water partition coefficient (Wildman–Crippen LogP) is 2.38. The van der Waals surface area contributed by atoms with Crippen LogP contribution in [-0.4, -0.2) is 28.4 Å². The molecule has 2 atom stereocenters. The quantitative estimate of drug-likeness (QED) is 0.710. The van der Waals surface area contributed by atoms with Crippen LogP contribution < -0.4 is 4.90 Å². The Bertz CT molecular complexity index is 385. The van der Waals surface area contributed by atoms with E-state index < -0.39 is 0 Å². The fraction of sp³-hybridized carbons (Fsp3) is 0.636. The molecule has 1 aliphatic heterocycles. The summed E-state index contributed by atoms with van der Waals surface area (Å²) in [5, 5.41) is 0.183. The molecule has 1 aromatic heterocycles. The molecule has 2 rings (SSSR count). The Hall–Kier alpha value is -0.900. The Morgan fingerprint density at radius 1 is 1.50 bits per heavy atom. The lowest BCUT2D eigenvalue weighted by molar-refractivity contribution is 0.445. The lowest BCUT2D eigenvalue weighted by atomic mass is 9.99. The van der Waals surface area contributed by atoms with Crippen LogP contribution in [-0.2, 0) is 0 Å². The van der Waals surface area contributed by atoms with E-state index in [1.165, 1.54) is 6.33 Å². The minimum Gasteiger partial charge on any atom is -0.354 e. The second kappa shape index (κ2) is 4.53. The molecule has 0 saturated carbocycles. The number of aromatic nitrogens is 2. The predicted molar refractivity (Wildman–Crippen MR) is 62.4 cm³/mol. The van der Waals surface area contributed by atoms with E-state index in [9.17, 15) is 4.39 Å². The average Bonchev–Trinajstić information content (AvgIpc) is 2.26. The van der Waals surface area contributed by atoms with Crippen molar-refractivity contribution in [3.63, 3.8) is 0 Å². The average molecular weight is 244 g/mol. The third kappa shape index (κ3) is 2.12. The molecule has 0 aromatic carbocycles. The maximum absolute atomic E-state index is 13.8. The summed E-state index contributed by atoms with van der Waals surface area (Å²) >= 11 is 6.14. The van der Waals surface area contributed by atoms with Crippen molar-refractivity contribution in [1.29, 1.82) is 0 Å². The van der Waals surface area contributed by atoms with Crippen molar-refractivity contribution in [1.82, 2.24) is 9.97 Å². The van der Waals surface area contributed by atoms with Crippen LogP contribution >= 0.6 is 11.6 Å². The number of hydrogen-bond acceptors (Lipinski definition) is 3. The van der Waals surface area contributed by atoms with Crippen molar-refractivity contribution in [2.24, 2.45) is 5.92 Å². The van der Waals surface area contributed by atoms with Crippen molar-refractivity contribution in [2.75, 3.05) is 18.0 Å². The van der Waals surface area contributed by atoms with E-state index in [4.69, 9.17) is 11.6 Å². The van der Waals surface area contributed by atoms with Crippen LogP contribution in [0.15, 0.2) is 6.33 Å². The number of alkyl halides is 1. The van der Waals surface area contributed by atoms with Crippen LogP contribution in [0.25, 0.3) is 0 Å². The third-order valence-corrected chi connectivity index (χ3v) is 3.69. The first kappa shape index (κ1) is 11.6. The van der Waals surface area contributed by atoms with Gasteiger partial charge in [0, 0.05) is 18.5 Å². The summed E-state index contributed by atoms with van der Waals surface area (Å²) in [6.07, 6.45) is 2.27. The Morgan fingerprint density at radius 2 is 2.25 bits per heavy atom. The van der Waals surface area contributed by atoms with Gasteiger partial charge in [0.25, 0.3) is 0 Å². The summed E-state index contributed by atoms with van der Waals surface area (Å²) in [6.45, 7) is 5.24. The molecule has 2 unspecified atom stereocenters. The molecule has 3 nitrogen and oxygen atoms in total. The molecule has 0 radical (unpaired) electrons. The molecule has 1 saturated heterocycles. The number of hydrogen-bond donors (Lipinski definition) is 0. The van der Waals surface area contributed by atoms with Crippen LogP contribution in [0, 0.1) is 18.7 Å². The van der Waals surface area contributed by atoms with Crippen LogP contribution in [0.3, 0.4) is 0 Å². The molecule has 5 heteroatoms. The molecule has 1 aromatic rings. The zero-order valence-corrected chi connectivity index (χ0v) is 10.2. The van der Waals surface area contributed by atoms with E-state index in [1.54, 1.807) is 6.92 Å². The molecule has 0 bridgehead atoms. The largest absolute Gasteiger partial charge is 0.354 e. The first-order valence-corrected chi connectivity index (χ1v) is 5.89. The van der Waals surface area contributed by atoms with Gasteiger partial charge in [-0.25, -0.2) is 14.4 Å². The molecule has 0 amide bonds. The summed E-state index contributed by atoms with van der Waals surface area (Å²) in [6, 6.07) is 0. The van der Waals surface area contributed by atoms with Gasteiger partial charge >= 0.3 is 0 Å².